The number of nitrogen functional groups attached to an aromatic ring is 1. The minimum absolute atomic E-state index is 0.0167. The summed E-state index contributed by atoms with van der Waals surface area (Å²) in [6.07, 6.45) is -3.17. The van der Waals surface area contributed by atoms with Gasteiger partial charge in [-0.1, -0.05) is 83.2 Å². The standard InChI is InChI=1S/C73H103N17O25/c1-7-35(2)17-10-8-9-11-23-54(93)83-46(26-40-32-77-44-21-15-13-18-41(40)44)68(109)85-47(28-53(76)92)69(110)87-50(31-60(102)103)70(111)90-62-39(6)115-73(114)51(27-52(91)42-19-12-14-20-43(42)75)88-72(113)61(36(3)25-57(96)97)89-64(105)37(4)80-55(94)33-78-65(106)48(29-58(98)99)84-63(104)38(5)81-67(108)49(30-59(100)101)86-66(107)45(22-16-24-74)82-56(95)34-79-71(62)112/h12-15,18-21,32,35-39,45-51,61-62,77H,7-11,16-17,22-31,33-34,74-75H2,1-6H3,(H2,76,92)(H,78,106)(H,79,112)(H,80,94)(H,81,108)(H,82,95)(H,83,93)(H,84,104)(H,85,109)(H,86,107)(H,87,110)(H,88,113)(H,89,105)(H,90,111)(H,96,97)(H,98,99)(H,100,101)(H,102,103). The molecule has 42 heteroatoms. The summed E-state index contributed by atoms with van der Waals surface area (Å²) in [5.74, 6) is -28.3. The number of H-pyrrole nitrogens is 1. The van der Waals surface area contributed by atoms with E-state index in [1.807, 2.05) is 0 Å². The molecule has 1 fully saturated rings. The van der Waals surface area contributed by atoms with E-state index in [1.165, 1.54) is 24.3 Å². The predicted octanol–water partition coefficient (Wildman–Crippen LogP) is -4.35. The Kier molecular flexibility index (Phi) is 38.7. The van der Waals surface area contributed by atoms with Crippen molar-refractivity contribution in [2.75, 3.05) is 25.4 Å². The lowest BCUT2D eigenvalue weighted by molar-refractivity contribution is -0.156. The topological polar surface area (TPSA) is 682 Å². The van der Waals surface area contributed by atoms with Crippen LogP contribution in [0.2, 0.25) is 0 Å². The maximum atomic E-state index is 14.8. The Morgan fingerprint density at radius 1 is 0.548 bits per heavy atom. The Balaban J connectivity index is 1.86. The first-order chi connectivity index (χ1) is 54.2. The lowest BCUT2D eigenvalue weighted by atomic mass is 9.96. The molecule has 0 spiro atoms. The van der Waals surface area contributed by atoms with E-state index in [9.17, 15) is 116 Å². The first kappa shape index (κ1) is 94.7. The number of aliphatic carboxylic acids is 4. The van der Waals surface area contributed by atoms with Crippen molar-refractivity contribution in [3.63, 3.8) is 0 Å². The monoisotopic (exact) mass is 1620 g/mol. The summed E-state index contributed by atoms with van der Waals surface area (Å²) in [7, 11) is 0. The summed E-state index contributed by atoms with van der Waals surface area (Å²) in [4.78, 5) is 276. The smallest absolute Gasteiger partial charge is 0.329 e. The molecule has 4 rings (SSSR count). The molecule has 2 aromatic carbocycles. The van der Waals surface area contributed by atoms with E-state index in [2.05, 4.69) is 87.9 Å². The second-order valence-corrected chi connectivity index (χ2v) is 27.8. The van der Waals surface area contributed by atoms with E-state index in [1.54, 1.807) is 30.5 Å². The molecule has 14 atom stereocenters. The number of fused-ring (bicyclic) bond motifs is 1. The van der Waals surface area contributed by atoms with Crippen LogP contribution < -0.4 is 86.3 Å². The number of ketones is 1. The molecule has 42 nitrogen and oxygen atoms in total. The molecule has 0 bridgehead atoms. The van der Waals surface area contributed by atoms with Crippen molar-refractivity contribution in [3.05, 3.63) is 65.9 Å². The molecule has 115 heavy (non-hydrogen) atoms. The molecule has 1 saturated heterocycles. The number of para-hydroxylation sites is 2. The van der Waals surface area contributed by atoms with Crippen LogP contribution in [-0.4, -0.2) is 236 Å². The van der Waals surface area contributed by atoms with Crippen LogP contribution in [-0.2, 0) is 102 Å². The number of carboxylic acid groups (broad SMARTS) is 4. The minimum atomic E-state index is -2.43. The van der Waals surface area contributed by atoms with Crippen molar-refractivity contribution in [2.45, 2.75) is 217 Å². The average molecular weight is 1620 g/mol. The number of Topliss-reactive ketones (excluding diaryl/α,β-unsaturated/α-hetero) is 1. The van der Waals surface area contributed by atoms with Crippen molar-refractivity contribution < 1.29 is 121 Å². The number of esters is 1. The molecule has 0 saturated carbocycles. The number of aromatic nitrogens is 1. The Hall–Kier alpha value is -12.7. The van der Waals surface area contributed by atoms with E-state index >= 15 is 0 Å². The fourth-order valence-electron chi connectivity index (χ4n) is 11.8. The second kappa shape index (κ2) is 47.0. The molecule has 1 aliphatic rings. The van der Waals surface area contributed by atoms with Crippen LogP contribution in [0.15, 0.2) is 54.7 Å². The Bertz CT molecular complexity index is 4060. The van der Waals surface area contributed by atoms with Crippen LogP contribution in [0.3, 0.4) is 0 Å². The first-order valence-corrected chi connectivity index (χ1v) is 37.1. The number of rotatable bonds is 34. The zero-order valence-electron chi connectivity index (χ0n) is 64.3. The molecule has 3 aromatic rings. The zero-order chi connectivity index (χ0) is 85.9. The fraction of sp³-hybridized carbons (Fsp3) is 0.534. The van der Waals surface area contributed by atoms with Crippen molar-refractivity contribution in [1.82, 2.24) is 74.1 Å². The van der Waals surface area contributed by atoms with Gasteiger partial charge in [0.1, 0.15) is 72.6 Å². The van der Waals surface area contributed by atoms with Crippen LogP contribution in [0.4, 0.5) is 5.69 Å². The van der Waals surface area contributed by atoms with Gasteiger partial charge in [-0.15, -0.1) is 0 Å². The molecule has 14 unspecified atom stereocenters. The highest BCUT2D eigenvalue weighted by Gasteiger charge is 2.41. The average Bonchev–Trinajstić information content (AvgIpc) is 1.64. The predicted molar refractivity (Wildman–Crippen MR) is 403 cm³/mol. The molecule has 1 aliphatic heterocycles. The van der Waals surface area contributed by atoms with Gasteiger partial charge in [0.05, 0.1) is 45.2 Å². The number of carbonyl (C=O) groups excluding carboxylic acids is 16. The number of nitrogens with one attached hydrogen (secondary N) is 14. The van der Waals surface area contributed by atoms with E-state index < -0.39 is 248 Å². The number of anilines is 1. The van der Waals surface area contributed by atoms with Gasteiger partial charge < -0.3 is 116 Å². The van der Waals surface area contributed by atoms with Crippen LogP contribution in [0.25, 0.3) is 10.9 Å². The SMILES string of the molecule is CCC(C)CCCCCCC(=O)NC(Cc1c[nH]c2ccccc12)C(=O)NC(CC(N)=O)C(=O)NC(CC(=O)O)C(=O)NC1C(=O)NCC(=O)NC(CCCN)C(=O)NC(CC(=O)O)C(=O)NC(C)C(=O)NC(CC(=O)O)C(=O)NCC(=O)NC(C)C(=O)NC(C(C)CC(=O)O)C(=O)NC(CC(=O)c2ccccc2N)C(=O)OC1C. The van der Waals surface area contributed by atoms with Crippen LogP contribution in [0, 0.1) is 11.8 Å². The second-order valence-electron chi connectivity index (χ2n) is 27.8. The van der Waals surface area contributed by atoms with E-state index in [-0.39, 0.29) is 43.5 Å². The lowest BCUT2D eigenvalue weighted by Crippen LogP contribution is -2.61. The number of benzene rings is 2. The van der Waals surface area contributed by atoms with E-state index in [0.29, 0.717) is 35.2 Å². The Labute approximate surface area is 659 Å². The molecule has 630 valence electrons. The van der Waals surface area contributed by atoms with Gasteiger partial charge in [-0.05, 0) is 82.2 Å². The van der Waals surface area contributed by atoms with Crippen LogP contribution in [0.5, 0.6) is 0 Å². The van der Waals surface area contributed by atoms with Crippen LogP contribution >= 0.6 is 0 Å². The molecule has 2 heterocycles. The van der Waals surface area contributed by atoms with Gasteiger partial charge in [-0.25, -0.2) is 4.79 Å². The van der Waals surface area contributed by atoms with Gasteiger partial charge in [0.15, 0.2) is 5.78 Å². The van der Waals surface area contributed by atoms with Gasteiger partial charge in [0, 0.05) is 47.6 Å². The third kappa shape index (κ3) is 32.5. The Morgan fingerprint density at radius 3 is 1.71 bits per heavy atom. The van der Waals surface area contributed by atoms with E-state index in [4.69, 9.17) is 21.9 Å². The molecular weight excluding hydrogens is 1510 g/mol. The Morgan fingerprint density at radius 2 is 1.10 bits per heavy atom. The number of aromatic amines is 1. The summed E-state index contributed by atoms with van der Waals surface area (Å²) in [5, 5.41) is 68.8. The largest absolute Gasteiger partial charge is 0.481 e. The van der Waals surface area contributed by atoms with Gasteiger partial charge in [-0.2, -0.15) is 0 Å². The number of primary amides is 1. The first-order valence-electron chi connectivity index (χ1n) is 37.1. The van der Waals surface area contributed by atoms with E-state index in [0.717, 1.165) is 53.4 Å². The third-order valence-electron chi connectivity index (χ3n) is 18.3. The normalized spacial score (nSPS) is 21.5. The summed E-state index contributed by atoms with van der Waals surface area (Å²) in [6.45, 7) is 5.85. The highest BCUT2D eigenvalue weighted by atomic mass is 16.5. The number of cyclic esters (lactones) is 1. The highest BCUT2D eigenvalue weighted by Crippen LogP contribution is 2.22. The number of hydrogen-bond donors (Lipinski definition) is 21. The number of amides is 14. The van der Waals surface area contributed by atoms with Gasteiger partial charge >= 0.3 is 29.8 Å². The quantitative estimate of drug-likeness (QED) is 0.0116. The summed E-state index contributed by atoms with van der Waals surface area (Å²) in [5.41, 5.74) is 18.2. The summed E-state index contributed by atoms with van der Waals surface area (Å²) in [6, 6.07) is -9.74. The lowest BCUT2D eigenvalue weighted by Gasteiger charge is -2.30. The van der Waals surface area contributed by atoms with Gasteiger partial charge in [0.25, 0.3) is 0 Å². The van der Waals surface area contributed by atoms with Crippen molar-refractivity contribution in [2.24, 2.45) is 23.3 Å². The summed E-state index contributed by atoms with van der Waals surface area (Å²) >= 11 is 0. The summed E-state index contributed by atoms with van der Waals surface area (Å²) < 4.78 is 5.70. The van der Waals surface area contributed by atoms with Crippen molar-refractivity contribution in [3.8, 4) is 0 Å². The number of carboxylic acids is 4. The van der Waals surface area contributed by atoms with Gasteiger partial charge in [-0.3, -0.25) is 91.1 Å². The highest BCUT2D eigenvalue weighted by molar-refractivity contribution is 6.05. The molecule has 0 radical (unpaired) electrons. The number of hydrogen-bond acceptors (Lipinski definition) is 23. The molecule has 14 amide bonds. The fourth-order valence-corrected chi connectivity index (χ4v) is 11.8. The number of carbonyl (C=O) groups is 20. The van der Waals surface area contributed by atoms with Crippen molar-refractivity contribution >= 4 is 135 Å². The minimum Gasteiger partial charge on any atom is -0.481 e. The molecule has 24 N–H and O–H groups in total. The zero-order valence-corrected chi connectivity index (χ0v) is 64.3. The molecule has 1 aromatic heterocycles. The molecule has 0 aliphatic carbocycles. The van der Waals surface area contributed by atoms with Gasteiger partial charge in [0.2, 0.25) is 82.7 Å². The molecular formula is C73H103N17O25. The maximum Gasteiger partial charge on any atom is 0.329 e. The maximum absolute atomic E-state index is 14.8. The van der Waals surface area contributed by atoms with Crippen LogP contribution in [0.1, 0.15) is 154 Å². The number of nitrogens with two attached hydrogens (primary N) is 3. The number of unbranched alkanes of at least 4 members (excludes halogenated alkanes) is 3. The van der Waals surface area contributed by atoms with Crippen molar-refractivity contribution in [1.29, 1.82) is 0 Å². The third-order valence-corrected chi connectivity index (χ3v) is 18.3. The number of ether oxygens (including phenoxy) is 1.